The number of nitrogens with one attached hydrogen (secondary N) is 2. The van der Waals surface area contributed by atoms with Crippen molar-refractivity contribution in [2.75, 3.05) is 31.1 Å². The molecule has 3 aliphatic rings. The molecule has 25 heavy (non-hydrogen) atoms. The number of urea groups is 1. The van der Waals surface area contributed by atoms with Gasteiger partial charge in [0.1, 0.15) is 5.82 Å². The Bertz CT molecular complexity index is 572. The maximum Gasteiger partial charge on any atom is 0.315 e. The normalized spacial score (nSPS) is 27.8. The molecule has 1 aromatic rings. The summed E-state index contributed by atoms with van der Waals surface area (Å²) in [7, 11) is 0. The Labute approximate surface area is 150 Å². The largest absolute Gasteiger partial charge is 0.356 e. The van der Waals surface area contributed by atoms with Crippen molar-refractivity contribution in [2.24, 2.45) is 0 Å². The number of carbonyl (C=O) groups is 1. The highest BCUT2D eigenvalue weighted by Crippen LogP contribution is 2.27. The van der Waals surface area contributed by atoms with E-state index in [-0.39, 0.29) is 12.1 Å². The Morgan fingerprint density at radius 1 is 1.00 bits per heavy atom. The fourth-order valence-electron chi connectivity index (χ4n) is 4.60. The second-order valence-corrected chi connectivity index (χ2v) is 7.56. The first-order chi connectivity index (χ1) is 12.3. The van der Waals surface area contributed by atoms with E-state index in [0.717, 1.165) is 44.7 Å². The molecule has 0 aromatic carbocycles. The van der Waals surface area contributed by atoms with E-state index < -0.39 is 0 Å². The molecule has 3 aliphatic heterocycles. The SMILES string of the molecule is O=C(NC1CCN(c2ccccn2)CC1)N[C@H]1CCN2CCCC[C@@H]12. The topological polar surface area (TPSA) is 60.5 Å². The van der Waals surface area contributed by atoms with Crippen molar-refractivity contribution >= 4 is 11.8 Å². The van der Waals surface area contributed by atoms with E-state index in [1.165, 1.54) is 25.8 Å². The van der Waals surface area contributed by atoms with Crippen molar-refractivity contribution in [3.63, 3.8) is 0 Å². The summed E-state index contributed by atoms with van der Waals surface area (Å²) >= 11 is 0. The average molecular weight is 343 g/mol. The van der Waals surface area contributed by atoms with Crippen molar-refractivity contribution in [3.05, 3.63) is 24.4 Å². The van der Waals surface area contributed by atoms with Gasteiger partial charge in [-0.15, -0.1) is 0 Å². The Hall–Kier alpha value is -1.82. The van der Waals surface area contributed by atoms with Crippen molar-refractivity contribution in [3.8, 4) is 0 Å². The summed E-state index contributed by atoms with van der Waals surface area (Å²) < 4.78 is 0. The van der Waals surface area contributed by atoms with Crippen LogP contribution in [0.4, 0.5) is 10.6 Å². The summed E-state index contributed by atoms with van der Waals surface area (Å²) in [4.78, 5) is 21.7. The fourth-order valence-corrected chi connectivity index (χ4v) is 4.60. The summed E-state index contributed by atoms with van der Waals surface area (Å²) in [6, 6.07) is 7.20. The predicted molar refractivity (Wildman–Crippen MR) is 98.8 cm³/mol. The molecule has 0 aliphatic carbocycles. The summed E-state index contributed by atoms with van der Waals surface area (Å²) in [5.74, 6) is 1.04. The van der Waals surface area contributed by atoms with Crippen LogP contribution >= 0.6 is 0 Å². The minimum Gasteiger partial charge on any atom is -0.356 e. The summed E-state index contributed by atoms with van der Waals surface area (Å²) in [5, 5.41) is 6.45. The van der Waals surface area contributed by atoms with Crippen LogP contribution < -0.4 is 15.5 Å². The smallest absolute Gasteiger partial charge is 0.315 e. The zero-order valence-electron chi connectivity index (χ0n) is 14.9. The van der Waals surface area contributed by atoms with Crippen LogP contribution in [0.1, 0.15) is 38.5 Å². The Morgan fingerprint density at radius 3 is 2.68 bits per heavy atom. The third-order valence-corrected chi connectivity index (χ3v) is 5.98. The van der Waals surface area contributed by atoms with Crippen LogP contribution in [0.5, 0.6) is 0 Å². The molecule has 1 aromatic heterocycles. The number of amides is 2. The maximum atomic E-state index is 12.4. The molecule has 6 heteroatoms. The molecular weight excluding hydrogens is 314 g/mol. The van der Waals surface area contributed by atoms with Crippen molar-refractivity contribution in [1.82, 2.24) is 20.5 Å². The number of aromatic nitrogens is 1. The monoisotopic (exact) mass is 343 g/mol. The molecule has 6 nitrogen and oxygen atoms in total. The van der Waals surface area contributed by atoms with Crippen LogP contribution in [0.3, 0.4) is 0 Å². The second-order valence-electron chi connectivity index (χ2n) is 7.56. The molecule has 2 N–H and O–H groups in total. The quantitative estimate of drug-likeness (QED) is 0.881. The predicted octanol–water partition coefficient (Wildman–Crippen LogP) is 1.98. The lowest BCUT2D eigenvalue weighted by Gasteiger charge is -2.34. The van der Waals surface area contributed by atoms with Gasteiger partial charge < -0.3 is 15.5 Å². The van der Waals surface area contributed by atoms with Crippen molar-refractivity contribution < 1.29 is 4.79 Å². The van der Waals surface area contributed by atoms with Gasteiger partial charge in [0.15, 0.2) is 0 Å². The Balaban J connectivity index is 1.23. The zero-order valence-corrected chi connectivity index (χ0v) is 14.9. The van der Waals surface area contributed by atoms with Gasteiger partial charge >= 0.3 is 6.03 Å². The number of piperidine rings is 2. The van der Waals surface area contributed by atoms with E-state index >= 15 is 0 Å². The first-order valence-electron chi connectivity index (χ1n) is 9.76. The van der Waals surface area contributed by atoms with Gasteiger partial charge in [-0.2, -0.15) is 0 Å². The van der Waals surface area contributed by atoms with Crippen LogP contribution in [0.25, 0.3) is 0 Å². The molecule has 3 saturated heterocycles. The maximum absolute atomic E-state index is 12.4. The number of anilines is 1. The van der Waals surface area contributed by atoms with E-state index in [9.17, 15) is 4.79 Å². The number of rotatable bonds is 3. The highest BCUT2D eigenvalue weighted by Gasteiger charge is 2.36. The first-order valence-corrected chi connectivity index (χ1v) is 9.76. The van der Waals surface area contributed by atoms with Gasteiger partial charge in [-0.1, -0.05) is 12.5 Å². The van der Waals surface area contributed by atoms with Gasteiger partial charge in [-0.25, -0.2) is 9.78 Å². The lowest BCUT2D eigenvalue weighted by Crippen LogP contribution is -2.53. The lowest BCUT2D eigenvalue weighted by molar-refractivity contribution is 0.178. The minimum absolute atomic E-state index is 0.0220. The van der Waals surface area contributed by atoms with E-state index in [1.54, 1.807) is 0 Å². The third kappa shape index (κ3) is 3.89. The molecular formula is C19H29N5O. The molecule has 0 radical (unpaired) electrons. The number of pyridine rings is 1. The van der Waals surface area contributed by atoms with Crippen molar-refractivity contribution in [2.45, 2.75) is 56.7 Å². The van der Waals surface area contributed by atoms with Crippen LogP contribution in [-0.4, -0.2) is 60.2 Å². The molecule has 3 fully saturated rings. The van der Waals surface area contributed by atoms with Crippen molar-refractivity contribution in [1.29, 1.82) is 0 Å². The minimum atomic E-state index is 0.0220. The summed E-state index contributed by atoms with van der Waals surface area (Å²) in [6.45, 7) is 4.23. The van der Waals surface area contributed by atoms with Crippen LogP contribution in [-0.2, 0) is 0 Å². The number of nitrogens with zero attached hydrogens (tertiary/aromatic N) is 3. The third-order valence-electron chi connectivity index (χ3n) is 5.98. The van der Waals surface area contributed by atoms with E-state index in [0.29, 0.717) is 12.1 Å². The van der Waals surface area contributed by atoms with Gasteiger partial charge in [0.25, 0.3) is 0 Å². The molecule has 0 saturated carbocycles. The van der Waals surface area contributed by atoms with Crippen LogP contribution in [0, 0.1) is 0 Å². The lowest BCUT2D eigenvalue weighted by atomic mass is 9.99. The molecule has 4 rings (SSSR count). The molecule has 136 valence electrons. The van der Waals surface area contributed by atoms with Gasteiger partial charge in [0.05, 0.1) is 0 Å². The summed E-state index contributed by atoms with van der Waals surface area (Å²) in [5.41, 5.74) is 0. The average Bonchev–Trinajstić information content (AvgIpc) is 3.06. The molecule has 0 bridgehead atoms. The number of fused-ring (bicyclic) bond motifs is 1. The van der Waals surface area contributed by atoms with Crippen LogP contribution in [0.15, 0.2) is 24.4 Å². The van der Waals surface area contributed by atoms with E-state index in [1.807, 2.05) is 18.3 Å². The van der Waals surface area contributed by atoms with E-state index in [4.69, 9.17) is 0 Å². The molecule has 2 atom stereocenters. The molecule has 2 amide bonds. The first kappa shape index (κ1) is 16.6. The molecule has 4 heterocycles. The van der Waals surface area contributed by atoms with Gasteiger partial charge in [-0.3, -0.25) is 4.90 Å². The Morgan fingerprint density at radius 2 is 1.88 bits per heavy atom. The van der Waals surface area contributed by atoms with Gasteiger partial charge in [-0.05, 0) is 50.8 Å². The molecule has 0 unspecified atom stereocenters. The Kier molecular flexibility index (Phi) is 5.06. The number of carbonyl (C=O) groups excluding carboxylic acids is 1. The summed E-state index contributed by atoms with van der Waals surface area (Å²) in [6.07, 6.45) is 8.72. The highest BCUT2D eigenvalue weighted by atomic mass is 16.2. The standard InChI is InChI=1S/C19H29N5O/c25-19(22-16-9-14-23-11-4-2-5-17(16)23)21-15-7-12-24(13-8-15)18-6-1-3-10-20-18/h1,3,6,10,15-17H,2,4-5,7-9,11-14H2,(H2,21,22,25)/t16-,17-/m0/s1. The number of hydrogen-bond acceptors (Lipinski definition) is 4. The van der Waals surface area contributed by atoms with E-state index in [2.05, 4.69) is 31.5 Å². The van der Waals surface area contributed by atoms with Crippen LogP contribution in [0.2, 0.25) is 0 Å². The number of hydrogen-bond donors (Lipinski definition) is 2. The zero-order chi connectivity index (χ0) is 17.1. The van der Waals surface area contributed by atoms with Gasteiger partial charge in [0, 0.05) is 44.0 Å². The highest BCUT2D eigenvalue weighted by molar-refractivity contribution is 5.74. The second kappa shape index (κ2) is 7.60. The van der Waals surface area contributed by atoms with Gasteiger partial charge in [0.2, 0.25) is 0 Å². The molecule has 0 spiro atoms. The fraction of sp³-hybridized carbons (Fsp3) is 0.684.